The summed E-state index contributed by atoms with van der Waals surface area (Å²) in [6.07, 6.45) is 69.9. The van der Waals surface area contributed by atoms with Gasteiger partial charge in [0.15, 0.2) is 0 Å². The fourth-order valence-electron chi connectivity index (χ4n) is 8.60. The number of hydrogen-bond acceptors (Lipinski definition) is 5. The predicted molar refractivity (Wildman–Crippen MR) is 287 cm³/mol. The Kier molecular flexibility index (Phi) is 53.6. The van der Waals surface area contributed by atoms with Gasteiger partial charge in [-0.15, -0.1) is 0 Å². The number of nitrogens with one attached hydrogen (secondary N) is 1. The number of unbranched alkanes of at least 4 members (excludes halogenated alkanes) is 36. The summed E-state index contributed by atoms with van der Waals surface area (Å²) < 4.78 is 5.43. The smallest absolute Gasteiger partial charge is 0.305 e. The van der Waals surface area contributed by atoms with Crippen LogP contribution in [0.3, 0.4) is 0 Å². The van der Waals surface area contributed by atoms with Crippen molar-refractivity contribution in [3.8, 4) is 0 Å². The minimum Gasteiger partial charge on any atom is -0.466 e. The van der Waals surface area contributed by atoms with Gasteiger partial charge in [-0.05, 0) is 89.9 Å². The first-order chi connectivity index (χ1) is 32.5. The summed E-state index contributed by atoms with van der Waals surface area (Å²) in [6, 6.07) is -0.656. The summed E-state index contributed by atoms with van der Waals surface area (Å²) in [5.41, 5.74) is 0. The first kappa shape index (κ1) is 63.8. The second-order valence-corrected chi connectivity index (χ2v) is 19.6. The Morgan fingerprint density at radius 2 is 0.758 bits per heavy atom. The zero-order valence-corrected chi connectivity index (χ0v) is 43.9. The third-order valence-corrected chi connectivity index (χ3v) is 13.1. The van der Waals surface area contributed by atoms with Gasteiger partial charge >= 0.3 is 5.97 Å². The Morgan fingerprint density at radius 1 is 0.424 bits per heavy atom. The second kappa shape index (κ2) is 55.4. The molecule has 0 aliphatic carbocycles. The number of hydrogen-bond donors (Lipinski definition) is 3. The summed E-state index contributed by atoms with van der Waals surface area (Å²) in [5.74, 6) is -0.156. The normalized spacial score (nSPS) is 13.0. The molecule has 0 aromatic heterocycles. The number of rotatable bonds is 53. The Morgan fingerprint density at radius 3 is 1.20 bits per heavy atom. The summed E-state index contributed by atoms with van der Waals surface area (Å²) >= 11 is 0. The molecule has 0 fully saturated rings. The van der Waals surface area contributed by atoms with Crippen LogP contribution >= 0.6 is 0 Å². The second-order valence-electron chi connectivity index (χ2n) is 19.6. The largest absolute Gasteiger partial charge is 0.466 e. The molecule has 6 nitrogen and oxygen atoms in total. The lowest BCUT2D eigenvalue weighted by Gasteiger charge is -2.20. The van der Waals surface area contributed by atoms with Crippen molar-refractivity contribution in [1.82, 2.24) is 5.32 Å². The molecule has 2 unspecified atom stereocenters. The molecule has 6 heteroatoms. The number of aliphatic hydroxyl groups is 2. The molecule has 0 aromatic carbocycles. The molecule has 0 heterocycles. The van der Waals surface area contributed by atoms with Gasteiger partial charge in [-0.3, -0.25) is 9.59 Å². The van der Waals surface area contributed by atoms with Gasteiger partial charge in [0.25, 0.3) is 0 Å². The molecule has 66 heavy (non-hydrogen) atoms. The van der Waals surface area contributed by atoms with Crippen LogP contribution in [0.25, 0.3) is 0 Å². The van der Waals surface area contributed by atoms with Gasteiger partial charge in [0.05, 0.1) is 25.4 Å². The monoisotopic (exact) mass is 926 g/mol. The number of carbonyl (C=O) groups excluding carboxylic acids is 2. The van der Waals surface area contributed by atoms with Crippen LogP contribution in [0.5, 0.6) is 0 Å². The first-order valence-corrected chi connectivity index (χ1v) is 28.9. The van der Waals surface area contributed by atoms with Crippen molar-refractivity contribution in [3.63, 3.8) is 0 Å². The van der Waals surface area contributed by atoms with Crippen molar-refractivity contribution >= 4 is 11.9 Å². The number of amides is 1. The van der Waals surface area contributed by atoms with Crippen LogP contribution in [0.15, 0.2) is 48.6 Å². The van der Waals surface area contributed by atoms with Crippen LogP contribution in [-0.2, 0) is 14.3 Å². The fourth-order valence-corrected chi connectivity index (χ4v) is 8.60. The number of esters is 1. The van der Waals surface area contributed by atoms with Crippen molar-refractivity contribution in [1.29, 1.82) is 0 Å². The summed E-state index contributed by atoms with van der Waals surface area (Å²) in [7, 11) is 0. The van der Waals surface area contributed by atoms with Crippen molar-refractivity contribution in [2.45, 2.75) is 309 Å². The number of carbonyl (C=O) groups is 2. The van der Waals surface area contributed by atoms with Crippen molar-refractivity contribution in [2.75, 3.05) is 13.2 Å². The van der Waals surface area contributed by atoms with Crippen molar-refractivity contribution in [3.05, 3.63) is 48.6 Å². The molecule has 0 aliphatic rings. The lowest BCUT2D eigenvalue weighted by molar-refractivity contribution is -0.143. The van der Waals surface area contributed by atoms with Crippen LogP contribution in [0.2, 0.25) is 0 Å². The topological polar surface area (TPSA) is 95.9 Å². The van der Waals surface area contributed by atoms with Gasteiger partial charge in [-0.25, -0.2) is 0 Å². The number of aliphatic hydroxyl groups excluding tert-OH is 2. The fraction of sp³-hybridized carbons (Fsp3) is 0.833. The summed E-state index contributed by atoms with van der Waals surface area (Å²) in [5, 5.41) is 23.2. The average Bonchev–Trinajstić information content (AvgIpc) is 3.32. The Bertz CT molecular complexity index is 1110. The maximum Gasteiger partial charge on any atom is 0.305 e. The highest BCUT2D eigenvalue weighted by Crippen LogP contribution is 2.16. The Hall–Kier alpha value is -2.18. The van der Waals surface area contributed by atoms with Gasteiger partial charge in [0.2, 0.25) is 5.91 Å². The molecule has 0 saturated carbocycles. The van der Waals surface area contributed by atoms with Crippen molar-refractivity contribution < 1.29 is 24.5 Å². The zero-order valence-electron chi connectivity index (χ0n) is 43.9. The van der Waals surface area contributed by atoms with E-state index >= 15 is 0 Å². The molecule has 2 atom stereocenters. The van der Waals surface area contributed by atoms with E-state index in [1.807, 2.05) is 6.08 Å². The molecule has 3 N–H and O–H groups in total. The zero-order chi connectivity index (χ0) is 47.9. The number of ether oxygens (including phenoxy) is 1. The maximum atomic E-state index is 12.5. The Labute approximate surface area is 410 Å². The summed E-state index contributed by atoms with van der Waals surface area (Å²) in [6.45, 7) is 4.79. The molecule has 0 spiro atoms. The van der Waals surface area contributed by atoms with Crippen molar-refractivity contribution in [2.24, 2.45) is 0 Å². The third-order valence-electron chi connectivity index (χ3n) is 13.1. The molecule has 386 valence electrons. The van der Waals surface area contributed by atoms with E-state index in [9.17, 15) is 19.8 Å². The van der Waals surface area contributed by atoms with E-state index in [1.165, 1.54) is 180 Å². The minimum absolute atomic E-state index is 0.0524. The van der Waals surface area contributed by atoms with E-state index < -0.39 is 12.1 Å². The summed E-state index contributed by atoms with van der Waals surface area (Å²) in [4.78, 5) is 24.5. The van der Waals surface area contributed by atoms with Crippen LogP contribution in [0.4, 0.5) is 0 Å². The lowest BCUT2D eigenvalue weighted by Crippen LogP contribution is -2.45. The van der Waals surface area contributed by atoms with Crippen LogP contribution in [0.1, 0.15) is 296 Å². The van der Waals surface area contributed by atoms with E-state index in [1.54, 1.807) is 6.08 Å². The van der Waals surface area contributed by atoms with E-state index in [4.69, 9.17) is 4.74 Å². The SMILES string of the molecule is CCCCC/C=C\C/C=C\CCCCCCCC(=O)OCCCC/C=C\CCCCCCC(=O)NC(CO)C(O)/C=C/CCCCCCCCCCCCCCCCCCCCCCCC. The molecule has 0 saturated heterocycles. The molecule has 0 aliphatic heterocycles. The lowest BCUT2D eigenvalue weighted by atomic mass is 10.0. The quantitative estimate of drug-likeness (QED) is 0.0321. The molecular weight excluding hydrogens is 815 g/mol. The third kappa shape index (κ3) is 51.2. The van der Waals surface area contributed by atoms with Crippen LogP contribution < -0.4 is 5.32 Å². The highest BCUT2D eigenvalue weighted by atomic mass is 16.5. The highest BCUT2D eigenvalue weighted by molar-refractivity contribution is 5.76. The van der Waals surface area contributed by atoms with Gasteiger partial charge in [0, 0.05) is 12.8 Å². The predicted octanol–water partition coefficient (Wildman–Crippen LogP) is 17.8. The standard InChI is InChI=1S/C60H111NO5/c1-3-5-7-9-11-13-15-17-19-20-21-22-23-24-25-26-27-29-30-32-36-40-44-48-52-58(63)57(56-62)61-59(64)53-49-45-41-37-34-35-39-43-47-51-55-66-60(65)54-50-46-42-38-33-31-28-18-16-14-12-10-8-6-4-2/h12,14,18,28,35,39,48,52,57-58,62-63H,3-11,13,15-17,19-27,29-34,36-38,40-47,49-51,53-56H2,1-2H3,(H,61,64)/b14-12-,28-18-,39-35-,52-48+. The van der Waals surface area contributed by atoms with Crippen LogP contribution in [-0.4, -0.2) is 47.4 Å². The maximum absolute atomic E-state index is 12.5. The first-order valence-electron chi connectivity index (χ1n) is 28.9. The molecule has 0 aromatic rings. The Balaban J connectivity index is 3.56. The molecule has 0 radical (unpaired) electrons. The van der Waals surface area contributed by atoms with Gasteiger partial charge in [-0.2, -0.15) is 0 Å². The van der Waals surface area contributed by atoms with Gasteiger partial charge in [-0.1, -0.05) is 242 Å². The van der Waals surface area contributed by atoms with E-state index in [0.29, 0.717) is 19.4 Å². The number of allylic oxidation sites excluding steroid dienone is 7. The van der Waals surface area contributed by atoms with E-state index in [2.05, 4.69) is 55.6 Å². The van der Waals surface area contributed by atoms with E-state index in [-0.39, 0.29) is 18.5 Å². The minimum atomic E-state index is -0.869. The van der Waals surface area contributed by atoms with Gasteiger partial charge < -0.3 is 20.3 Å². The van der Waals surface area contributed by atoms with E-state index in [0.717, 1.165) is 89.9 Å². The molecule has 0 bridgehead atoms. The highest BCUT2D eigenvalue weighted by Gasteiger charge is 2.18. The molecule has 1 amide bonds. The molecular formula is C60H111NO5. The average molecular weight is 927 g/mol. The van der Waals surface area contributed by atoms with Crippen LogP contribution in [0, 0.1) is 0 Å². The van der Waals surface area contributed by atoms with Gasteiger partial charge in [0.1, 0.15) is 0 Å². The molecule has 0 rings (SSSR count).